The van der Waals surface area contributed by atoms with E-state index in [4.69, 9.17) is 4.43 Å². The van der Waals surface area contributed by atoms with Crippen LogP contribution < -0.4 is 0 Å². The molecule has 0 aliphatic heterocycles. The maximum atomic E-state index is 12.3. The monoisotopic (exact) mass is 466 g/mol. The van der Waals surface area contributed by atoms with Gasteiger partial charge in [0.1, 0.15) is 0 Å². The minimum absolute atomic E-state index is 0.00498. The maximum absolute atomic E-state index is 12.3. The average molecular weight is 466 g/mol. The number of alkyl halides is 1. The molecule has 0 bridgehead atoms. The van der Waals surface area contributed by atoms with Gasteiger partial charge in [0.2, 0.25) is 0 Å². The van der Waals surface area contributed by atoms with E-state index in [1.807, 2.05) is 12.1 Å². The minimum Gasteiger partial charge on any atom is -0.410 e. The Labute approximate surface area is 155 Å². The molecule has 0 saturated heterocycles. The van der Waals surface area contributed by atoms with Crippen LogP contribution in [0.5, 0.6) is 0 Å². The SMILES string of the molecule is CC(C)(C)[Si](C)(C)O[C@@H](/C=C/CS(=O)(=O)c1ccccc1)CI. The molecule has 0 fully saturated rings. The Morgan fingerprint density at radius 1 is 1.22 bits per heavy atom. The summed E-state index contributed by atoms with van der Waals surface area (Å²) in [6, 6.07) is 8.56. The van der Waals surface area contributed by atoms with E-state index >= 15 is 0 Å². The molecule has 0 unspecified atom stereocenters. The summed E-state index contributed by atoms with van der Waals surface area (Å²) in [5, 5.41) is 0.140. The van der Waals surface area contributed by atoms with Crippen molar-refractivity contribution in [2.24, 2.45) is 0 Å². The van der Waals surface area contributed by atoms with Gasteiger partial charge in [-0.3, -0.25) is 0 Å². The first-order chi connectivity index (χ1) is 10.5. The van der Waals surface area contributed by atoms with Crippen molar-refractivity contribution in [3.8, 4) is 0 Å². The zero-order valence-corrected chi connectivity index (χ0v) is 18.5. The van der Waals surface area contributed by atoms with Crippen molar-refractivity contribution >= 4 is 40.7 Å². The number of hydrogen-bond acceptors (Lipinski definition) is 3. The molecule has 23 heavy (non-hydrogen) atoms. The summed E-state index contributed by atoms with van der Waals surface area (Å²) in [6.07, 6.45) is 3.58. The van der Waals surface area contributed by atoms with Crippen LogP contribution in [0.1, 0.15) is 20.8 Å². The number of benzene rings is 1. The van der Waals surface area contributed by atoms with E-state index in [1.54, 1.807) is 30.3 Å². The Balaban J connectivity index is 2.75. The number of rotatable bonds is 7. The topological polar surface area (TPSA) is 43.4 Å². The third kappa shape index (κ3) is 6.32. The van der Waals surface area contributed by atoms with Crippen molar-refractivity contribution in [2.75, 3.05) is 10.2 Å². The van der Waals surface area contributed by atoms with E-state index in [0.29, 0.717) is 4.90 Å². The quantitative estimate of drug-likeness (QED) is 0.250. The van der Waals surface area contributed by atoms with Gasteiger partial charge >= 0.3 is 0 Å². The lowest BCUT2D eigenvalue weighted by Gasteiger charge is -2.38. The highest BCUT2D eigenvalue weighted by Crippen LogP contribution is 2.37. The summed E-state index contributed by atoms with van der Waals surface area (Å²) in [6.45, 7) is 11.0. The summed E-state index contributed by atoms with van der Waals surface area (Å²) in [7, 11) is -5.12. The Morgan fingerprint density at radius 2 is 1.78 bits per heavy atom. The predicted molar refractivity (Wildman–Crippen MR) is 109 cm³/mol. The maximum Gasteiger partial charge on any atom is 0.192 e. The molecule has 1 atom stereocenters. The van der Waals surface area contributed by atoms with E-state index in [-0.39, 0.29) is 16.9 Å². The van der Waals surface area contributed by atoms with Gasteiger partial charge in [-0.2, -0.15) is 0 Å². The fraction of sp³-hybridized carbons (Fsp3) is 0.529. The van der Waals surface area contributed by atoms with Crippen LogP contribution in [0.3, 0.4) is 0 Å². The molecule has 0 aliphatic carbocycles. The highest BCUT2D eigenvalue weighted by molar-refractivity contribution is 14.1. The molecule has 130 valence electrons. The normalized spacial score (nSPS) is 15.0. The van der Waals surface area contributed by atoms with Gasteiger partial charge in [-0.1, -0.05) is 73.7 Å². The summed E-state index contributed by atoms with van der Waals surface area (Å²) >= 11 is 2.29. The summed E-state index contributed by atoms with van der Waals surface area (Å²) < 4.78 is 31.7. The van der Waals surface area contributed by atoms with Crippen molar-refractivity contribution in [1.29, 1.82) is 0 Å². The van der Waals surface area contributed by atoms with Crippen LogP contribution in [0, 0.1) is 0 Å². The van der Waals surface area contributed by atoms with Gasteiger partial charge < -0.3 is 4.43 Å². The second-order valence-electron chi connectivity index (χ2n) is 7.09. The minimum atomic E-state index is -3.27. The second kappa shape index (κ2) is 8.27. The lowest BCUT2D eigenvalue weighted by molar-refractivity contribution is 0.250. The van der Waals surface area contributed by atoms with Crippen LogP contribution in [0.15, 0.2) is 47.4 Å². The Bertz CT molecular complexity index is 619. The van der Waals surface area contributed by atoms with Crippen molar-refractivity contribution in [3.63, 3.8) is 0 Å². The van der Waals surface area contributed by atoms with Crippen molar-refractivity contribution in [1.82, 2.24) is 0 Å². The first-order valence-electron chi connectivity index (χ1n) is 7.68. The van der Waals surface area contributed by atoms with Gasteiger partial charge in [0.05, 0.1) is 16.8 Å². The molecule has 3 nitrogen and oxygen atoms in total. The third-order valence-corrected chi connectivity index (χ3v) is 11.2. The highest BCUT2D eigenvalue weighted by Gasteiger charge is 2.38. The molecule has 0 N–H and O–H groups in total. The number of sulfone groups is 1. The first kappa shape index (κ1) is 20.9. The molecule has 0 aromatic heterocycles. The molecular weight excluding hydrogens is 439 g/mol. The van der Waals surface area contributed by atoms with Crippen molar-refractivity contribution < 1.29 is 12.8 Å². The van der Waals surface area contributed by atoms with Gasteiger partial charge in [-0.05, 0) is 30.3 Å². The largest absolute Gasteiger partial charge is 0.410 e. The van der Waals surface area contributed by atoms with E-state index in [2.05, 4.69) is 56.5 Å². The van der Waals surface area contributed by atoms with Crippen molar-refractivity contribution in [2.45, 2.75) is 49.9 Å². The van der Waals surface area contributed by atoms with Crippen LogP contribution >= 0.6 is 22.6 Å². The molecule has 0 aliphatic rings. The van der Waals surface area contributed by atoms with Gasteiger partial charge in [0, 0.05) is 4.43 Å². The molecule has 6 heteroatoms. The number of halogens is 1. The molecule has 1 rings (SSSR count). The van der Waals surface area contributed by atoms with Crippen LogP contribution in [0.4, 0.5) is 0 Å². The molecular formula is C17H27IO3SSi. The lowest BCUT2D eigenvalue weighted by atomic mass is 10.2. The zero-order valence-electron chi connectivity index (χ0n) is 14.5. The molecule has 0 heterocycles. The predicted octanol–water partition coefficient (Wildman–Crippen LogP) is 4.84. The van der Waals surface area contributed by atoms with E-state index < -0.39 is 18.2 Å². The summed E-state index contributed by atoms with van der Waals surface area (Å²) in [5.74, 6) is 0.00498. The van der Waals surface area contributed by atoms with Gasteiger partial charge in [-0.15, -0.1) is 0 Å². The first-order valence-corrected chi connectivity index (χ1v) is 13.8. The Kier molecular flexibility index (Phi) is 7.50. The van der Waals surface area contributed by atoms with Crippen LogP contribution in [-0.4, -0.2) is 33.0 Å². The standard InChI is InChI=1S/C17H27IO3SSi/c1-17(2,3)23(4,5)21-15(14-18)10-9-13-22(19,20)16-11-7-6-8-12-16/h6-12,15H,13-14H2,1-5H3/b10-9+/t15-/m0/s1. The van der Waals surface area contributed by atoms with Crippen LogP contribution in [0.2, 0.25) is 18.1 Å². The molecule has 0 amide bonds. The summed E-state index contributed by atoms with van der Waals surface area (Å²) in [5.41, 5.74) is 0. The van der Waals surface area contributed by atoms with Gasteiger partial charge in [0.15, 0.2) is 18.2 Å². The van der Waals surface area contributed by atoms with Gasteiger partial charge in [0.25, 0.3) is 0 Å². The lowest BCUT2D eigenvalue weighted by Crippen LogP contribution is -2.43. The Hall–Kier alpha value is -0.183. The smallest absolute Gasteiger partial charge is 0.192 e. The van der Waals surface area contributed by atoms with Crippen LogP contribution in [-0.2, 0) is 14.3 Å². The average Bonchev–Trinajstić information content (AvgIpc) is 2.45. The van der Waals surface area contributed by atoms with Crippen molar-refractivity contribution in [3.05, 3.63) is 42.5 Å². The molecule has 1 aromatic carbocycles. The summed E-state index contributed by atoms with van der Waals surface area (Å²) in [4.78, 5) is 0.362. The van der Waals surface area contributed by atoms with Gasteiger partial charge in [-0.25, -0.2) is 8.42 Å². The highest BCUT2D eigenvalue weighted by atomic mass is 127. The van der Waals surface area contributed by atoms with E-state index in [1.165, 1.54) is 0 Å². The van der Waals surface area contributed by atoms with E-state index in [0.717, 1.165) is 4.43 Å². The fourth-order valence-corrected chi connectivity index (χ4v) is 4.95. The third-order valence-electron chi connectivity index (χ3n) is 4.17. The molecule has 0 spiro atoms. The van der Waals surface area contributed by atoms with E-state index in [9.17, 15) is 8.42 Å². The molecule has 0 radical (unpaired) electrons. The number of hydrogen-bond donors (Lipinski definition) is 0. The fourth-order valence-electron chi connectivity index (χ4n) is 1.74. The molecule has 0 saturated carbocycles. The Morgan fingerprint density at radius 3 is 2.26 bits per heavy atom. The van der Waals surface area contributed by atoms with Crippen LogP contribution in [0.25, 0.3) is 0 Å². The second-order valence-corrected chi connectivity index (χ2v) is 14.8. The molecule has 1 aromatic rings. The zero-order chi connectivity index (χ0) is 17.7.